The Kier molecular flexibility index (Phi) is 6.15. The van der Waals surface area contributed by atoms with Gasteiger partial charge >= 0.3 is 6.09 Å². The van der Waals surface area contributed by atoms with Crippen LogP contribution in [0.2, 0.25) is 0 Å². The van der Waals surface area contributed by atoms with Crippen molar-refractivity contribution in [2.45, 2.75) is 38.6 Å². The van der Waals surface area contributed by atoms with Crippen LogP contribution in [0.5, 0.6) is 0 Å². The molecule has 2 aliphatic rings. The summed E-state index contributed by atoms with van der Waals surface area (Å²) in [4.78, 5) is 21.2. The number of rotatable bonds is 6. The molecule has 150 valence electrons. The van der Waals surface area contributed by atoms with Crippen molar-refractivity contribution < 1.29 is 18.3 Å². The van der Waals surface area contributed by atoms with Crippen LogP contribution in [-0.2, 0) is 23.0 Å². The third kappa shape index (κ3) is 5.29. The topological polar surface area (TPSA) is 116 Å². The molecular formula is C17H27N5O4S. The molecule has 2 aliphatic heterocycles. The number of piperidine rings is 1. The smallest absolute Gasteiger partial charge is 0.407 e. The van der Waals surface area contributed by atoms with Crippen molar-refractivity contribution in [3.63, 3.8) is 0 Å². The lowest BCUT2D eigenvalue weighted by Gasteiger charge is -2.29. The standard InChI is InChI=1S/C17H27N5O4S/c1-27(25,26)22-10-6-15-14(12-22)11-19-16(20-15)18-7-2-3-13-4-8-21(9-5-13)17(23)24/h11,13H,2-10,12H2,1H3,(H,23,24)(H,18,19,20). The summed E-state index contributed by atoms with van der Waals surface area (Å²) in [7, 11) is -3.19. The van der Waals surface area contributed by atoms with Gasteiger partial charge in [0.15, 0.2) is 0 Å². The second-order valence-corrected chi connectivity index (χ2v) is 9.28. The predicted molar refractivity (Wildman–Crippen MR) is 101 cm³/mol. The highest BCUT2D eigenvalue weighted by molar-refractivity contribution is 7.88. The lowest BCUT2D eigenvalue weighted by molar-refractivity contribution is 0.123. The Balaban J connectivity index is 1.42. The van der Waals surface area contributed by atoms with Crippen LogP contribution in [0.25, 0.3) is 0 Å². The quantitative estimate of drug-likeness (QED) is 0.697. The number of hydrogen-bond donors (Lipinski definition) is 2. The maximum absolute atomic E-state index is 11.7. The van der Waals surface area contributed by atoms with Gasteiger partial charge in [-0.15, -0.1) is 0 Å². The van der Waals surface area contributed by atoms with Crippen LogP contribution in [-0.4, -0.2) is 71.2 Å². The number of sulfonamides is 1. The van der Waals surface area contributed by atoms with Gasteiger partial charge in [-0.25, -0.2) is 23.2 Å². The molecule has 0 aromatic carbocycles. The number of nitrogens with one attached hydrogen (secondary N) is 1. The lowest BCUT2D eigenvalue weighted by atomic mass is 9.92. The molecule has 10 heteroatoms. The van der Waals surface area contributed by atoms with Crippen molar-refractivity contribution in [1.82, 2.24) is 19.2 Å². The number of amides is 1. The van der Waals surface area contributed by atoms with Gasteiger partial charge in [-0.1, -0.05) is 0 Å². The molecule has 1 saturated heterocycles. The van der Waals surface area contributed by atoms with Gasteiger partial charge in [0, 0.05) is 50.9 Å². The van der Waals surface area contributed by atoms with E-state index in [0.29, 0.717) is 44.5 Å². The van der Waals surface area contributed by atoms with E-state index < -0.39 is 16.1 Å². The Morgan fingerprint density at radius 1 is 1.33 bits per heavy atom. The van der Waals surface area contributed by atoms with E-state index in [2.05, 4.69) is 15.3 Å². The van der Waals surface area contributed by atoms with Crippen LogP contribution in [0, 0.1) is 5.92 Å². The van der Waals surface area contributed by atoms with Crippen molar-refractivity contribution >= 4 is 22.1 Å². The summed E-state index contributed by atoms with van der Waals surface area (Å²) < 4.78 is 24.8. The Labute approximate surface area is 159 Å². The normalized spacial score (nSPS) is 18.9. The first kappa shape index (κ1) is 19.8. The van der Waals surface area contributed by atoms with Gasteiger partial charge in [-0.2, -0.15) is 4.31 Å². The average Bonchev–Trinajstić information content (AvgIpc) is 2.64. The second kappa shape index (κ2) is 8.39. The van der Waals surface area contributed by atoms with Crippen LogP contribution in [0.1, 0.15) is 36.9 Å². The van der Waals surface area contributed by atoms with Crippen LogP contribution in [0.4, 0.5) is 10.7 Å². The Morgan fingerprint density at radius 3 is 2.74 bits per heavy atom. The highest BCUT2D eigenvalue weighted by Crippen LogP contribution is 2.22. The molecule has 0 atom stereocenters. The number of fused-ring (bicyclic) bond motifs is 1. The molecule has 3 heterocycles. The minimum atomic E-state index is -3.19. The monoisotopic (exact) mass is 397 g/mol. The van der Waals surface area contributed by atoms with Crippen LogP contribution in [0.15, 0.2) is 6.20 Å². The van der Waals surface area contributed by atoms with E-state index in [4.69, 9.17) is 5.11 Å². The van der Waals surface area contributed by atoms with Crippen molar-refractivity contribution in [1.29, 1.82) is 0 Å². The number of carbonyl (C=O) groups is 1. The van der Waals surface area contributed by atoms with Crippen LogP contribution < -0.4 is 5.32 Å². The average molecular weight is 398 g/mol. The minimum absolute atomic E-state index is 0.337. The van der Waals surface area contributed by atoms with E-state index in [1.54, 1.807) is 6.20 Å². The zero-order chi connectivity index (χ0) is 19.4. The number of nitrogens with zero attached hydrogens (tertiary/aromatic N) is 4. The molecule has 2 N–H and O–H groups in total. The molecular weight excluding hydrogens is 370 g/mol. The van der Waals surface area contributed by atoms with Crippen LogP contribution in [0.3, 0.4) is 0 Å². The molecule has 1 aromatic heterocycles. The Morgan fingerprint density at radius 2 is 2.07 bits per heavy atom. The first-order chi connectivity index (χ1) is 12.8. The van der Waals surface area contributed by atoms with E-state index in [1.165, 1.54) is 15.5 Å². The number of aromatic nitrogens is 2. The molecule has 0 radical (unpaired) electrons. The van der Waals surface area contributed by atoms with Gasteiger partial charge in [-0.3, -0.25) is 0 Å². The highest BCUT2D eigenvalue weighted by atomic mass is 32.2. The van der Waals surface area contributed by atoms with Crippen LogP contribution >= 0.6 is 0 Å². The Bertz CT molecular complexity index is 778. The number of anilines is 1. The molecule has 3 rings (SSSR count). The van der Waals surface area contributed by atoms with E-state index in [-0.39, 0.29) is 0 Å². The summed E-state index contributed by atoms with van der Waals surface area (Å²) in [6.07, 6.45) is 6.62. The first-order valence-electron chi connectivity index (χ1n) is 9.34. The van der Waals surface area contributed by atoms with Gasteiger partial charge < -0.3 is 15.3 Å². The third-order valence-electron chi connectivity index (χ3n) is 5.33. The minimum Gasteiger partial charge on any atom is -0.465 e. The molecule has 0 aliphatic carbocycles. The van der Waals surface area contributed by atoms with Gasteiger partial charge in [0.2, 0.25) is 16.0 Å². The van der Waals surface area contributed by atoms with E-state index in [9.17, 15) is 13.2 Å². The van der Waals surface area contributed by atoms with Gasteiger partial charge in [0.1, 0.15) is 0 Å². The molecule has 1 amide bonds. The zero-order valence-corrected chi connectivity index (χ0v) is 16.4. The summed E-state index contributed by atoms with van der Waals surface area (Å²) >= 11 is 0. The summed E-state index contributed by atoms with van der Waals surface area (Å²) in [5.74, 6) is 1.16. The fourth-order valence-corrected chi connectivity index (χ4v) is 4.46. The molecule has 27 heavy (non-hydrogen) atoms. The molecule has 0 saturated carbocycles. The van der Waals surface area contributed by atoms with Crippen molar-refractivity contribution in [3.8, 4) is 0 Å². The maximum atomic E-state index is 11.7. The van der Waals surface area contributed by atoms with Gasteiger partial charge in [0.25, 0.3) is 0 Å². The van der Waals surface area contributed by atoms with Crippen molar-refractivity contribution in [2.75, 3.05) is 37.8 Å². The van der Waals surface area contributed by atoms with Gasteiger partial charge in [-0.05, 0) is 31.6 Å². The summed E-state index contributed by atoms with van der Waals surface area (Å²) in [6.45, 7) is 2.83. The predicted octanol–water partition coefficient (Wildman–Crippen LogP) is 1.38. The summed E-state index contributed by atoms with van der Waals surface area (Å²) in [5.41, 5.74) is 1.77. The molecule has 0 unspecified atom stereocenters. The van der Waals surface area contributed by atoms with E-state index >= 15 is 0 Å². The maximum Gasteiger partial charge on any atom is 0.407 e. The highest BCUT2D eigenvalue weighted by Gasteiger charge is 2.24. The summed E-state index contributed by atoms with van der Waals surface area (Å²) in [5, 5.41) is 12.2. The molecule has 9 nitrogen and oxygen atoms in total. The molecule has 1 aromatic rings. The first-order valence-corrected chi connectivity index (χ1v) is 11.2. The number of carboxylic acid groups (broad SMARTS) is 1. The van der Waals surface area contributed by atoms with E-state index in [0.717, 1.165) is 43.5 Å². The molecule has 1 fully saturated rings. The Hall–Kier alpha value is -1.94. The van der Waals surface area contributed by atoms with Crippen molar-refractivity contribution in [2.24, 2.45) is 5.92 Å². The molecule has 0 bridgehead atoms. The fraction of sp³-hybridized carbons (Fsp3) is 0.706. The van der Waals surface area contributed by atoms with E-state index in [1.807, 2.05) is 0 Å². The zero-order valence-electron chi connectivity index (χ0n) is 15.6. The fourth-order valence-electron chi connectivity index (χ4n) is 3.66. The summed E-state index contributed by atoms with van der Waals surface area (Å²) in [6, 6.07) is 0. The largest absolute Gasteiger partial charge is 0.465 e. The van der Waals surface area contributed by atoms with Crippen molar-refractivity contribution in [3.05, 3.63) is 17.5 Å². The lowest BCUT2D eigenvalue weighted by Crippen LogP contribution is -2.37. The second-order valence-electron chi connectivity index (χ2n) is 7.29. The third-order valence-corrected chi connectivity index (χ3v) is 6.57. The number of hydrogen-bond acceptors (Lipinski definition) is 6. The number of likely N-dealkylation sites (tertiary alicyclic amines) is 1. The van der Waals surface area contributed by atoms with Gasteiger partial charge in [0.05, 0.1) is 11.9 Å². The molecule has 0 spiro atoms. The SMILES string of the molecule is CS(=O)(=O)N1CCc2nc(NCCCC3CCN(C(=O)O)CC3)ncc2C1.